The van der Waals surface area contributed by atoms with Gasteiger partial charge in [-0.3, -0.25) is 0 Å². The summed E-state index contributed by atoms with van der Waals surface area (Å²) in [6.45, 7) is 8.20. The molecule has 4 fully saturated rings. The van der Waals surface area contributed by atoms with Crippen LogP contribution in [0, 0.1) is 5.92 Å². The van der Waals surface area contributed by atoms with E-state index in [0.717, 1.165) is 25.7 Å². The molecule has 3 aliphatic heterocycles. The molecular formula is C15H20O4. The van der Waals surface area contributed by atoms with Gasteiger partial charge in [0.1, 0.15) is 12.2 Å². The molecule has 1 saturated carbocycles. The number of epoxide rings is 2. The Morgan fingerprint density at radius 2 is 1.89 bits per heavy atom. The molecule has 4 rings (SSSR count). The molecule has 6 atom stereocenters. The normalized spacial score (nSPS) is 55.7. The first kappa shape index (κ1) is 11.9. The van der Waals surface area contributed by atoms with E-state index in [2.05, 4.69) is 20.4 Å². The highest BCUT2D eigenvalue weighted by molar-refractivity contribution is 5.91. The van der Waals surface area contributed by atoms with Gasteiger partial charge in [0, 0.05) is 11.5 Å². The lowest BCUT2D eigenvalue weighted by Crippen LogP contribution is -2.30. The maximum atomic E-state index is 11.8. The van der Waals surface area contributed by atoms with Crippen LogP contribution >= 0.6 is 0 Å². The number of hydrogen-bond donors (Lipinski definition) is 0. The van der Waals surface area contributed by atoms with Crippen molar-refractivity contribution < 1.29 is 19.0 Å². The highest BCUT2D eigenvalue weighted by atomic mass is 16.6. The van der Waals surface area contributed by atoms with Gasteiger partial charge >= 0.3 is 5.97 Å². The van der Waals surface area contributed by atoms with Crippen LogP contribution in [0.25, 0.3) is 0 Å². The molecule has 0 N–H and O–H groups in total. The second-order valence-electron chi connectivity index (χ2n) is 6.85. The van der Waals surface area contributed by atoms with Crippen molar-refractivity contribution >= 4 is 5.97 Å². The van der Waals surface area contributed by atoms with Gasteiger partial charge in [-0.05, 0) is 39.5 Å². The topological polar surface area (TPSA) is 51.4 Å². The van der Waals surface area contributed by atoms with Crippen LogP contribution in [-0.4, -0.2) is 35.5 Å². The second kappa shape index (κ2) is 3.41. The van der Waals surface area contributed by atoms with Crippen LogP contribution in [0.4, 0.5) is 0 Å². The Balaban J connectivity index is 1.62. The number of carbonyl (C=O) groups is 1. The number of esters is 1. The van der Waals surface area contributed by atoms with Gasteiger partial charge in [-0.15, -0.1) is 0 Å². The van der Waals surface area contributed by atoms with E-state index in [0.29, 0.717) is 11.7 Å². The Kier molecular flexibility index (Phi) is 2.14. The van der Waals surface area contributed by atoms with Crippen LogP contribution in [-0.2, 0) is 19.0 Å². The standard InChI is InChI=1S/C15H20O4/c1-8-9-4-6-14(2)10(18-14)5-7-15(3)12(19-15)11(9)17-13(8)16/h9-12H,1,4-7H2,2-3H3/t9-,10+,11+,12+,14+,15+/m0/s1. The van der Waals surface area contributed by atoms with Crippen LogP contribution in [0.5, 0.6) is 0 Å². The minimum absolute atomic E-state index is 0.00540. The predicted molar refractivity (Wildman–Crippen MR) is 67.5 cm³/mol. The average molecular weight is 264 g/mol. The average Bonchev–Trinajstić information content (AvgIpc) is 3.18. The summed E-state index contributed by atoms with van der Waals surface area (Å²) >= 11 is 0. The Morgan fingerprint density at radius 1 is 1.16 bits per heavy atom. The van der Waals surface area contributed by atoms with Crippen molar-refractivity contribution in [1.29, 1.82) is 0 Å². The number of fused-ring (bicyclic) bond motifs is 4. The van der Waals surface area contributed by atoms with E-state index in [-0.39, 0.29) is 35.3 Å². The Bertz CT molecular complexity index is 473. The first-order valence-electron chi connectivity index (χ1n) is 7.18. The zero-order valence-corrected chi connectivity index (χ0v) is 11.5. The summed E-state index contributed by atoms with van der Waals surface area (Å²) in [5.41, 5.74) is 0.469. The molecule has 0 bridgehead atoms. The van der Waals surface area contributed by atoms with Gasteiger partial charge in [0.25, 0.3) is 0 Å². The lowest BCUT2D eigenvalue weighted by molar-refractivity contribution is -0.140. The van der Waals surface area contributed by atoms with Gasteiger partial charge in [-0.2, -0.15) is 0 Å². The third-order valence-electron chi connectivity index (χ3n) is 5.48. The van der Waals surface area contributed by atoms with Gasteiger partial charge in [0.2, 0.25) is 0 Å². The first-order valence-corrected chi connectivity index (χ1v) is 7.18. The molecule has 0 aromatic carbocycles. The van der Waals surface area contributed by atoms with E-state index in [1.807, 2.05) is 0 Å². The van der Waals surface area contributed by atoms with Crippen molar-refractivity contribution in [3.05, 3.63) is 12.2 Å². The summed E-state index contributed by atoms with van der Waals surface area (Å²) in [5, 5.41) is 0. The van der Waals surface area contributed by atoms with Gasteiger partial charge in [-0.1, -0.05) is 6.58 Å². The Hall–Kier alpha value is -0.870. The fourth-order valence-corrected chi connectivity index (χ4v) is 3.85. The molecule has 0 aromatic heterocycles. The molecular weight excluding hydrogens is 244 g/mol. The molecule has 4 heteroatoms. The minimum Gasteiger partial charge on any atom is -0.455 e. The van der Waals surface area contributed by atoms with Crippen LogP contribution in [0.2, 0.25) is 0 Å². The zero-order chi connectivity index (χ0) is 13.4. The van der Waals surface area contributed by atoms with Gasteiger partial charge < -0.3 is 14.2 Å². The Labute approximate surface area is 113 Å². The van der Waals surface area contributed by atoms with Gasteiger partial charge in [0.15, 0.2) is 0 Å². The molecule has 0 amide bonds. The number of ether oxygens (including phenoxy) is 3. The largest absolute Gasteiger partial charge is 0.455 e. The fourth-order valence-electron chi connectivity index (χ4n) is 3.85. The van der Waals surface area contributed by atoms with E-state index in [4.69, 9.17) is 14.2 Å². The highest BCUT2D eigenvalue weighted by Gasteiger charge is 2.64. The third-order valence-corrected chi connectivity index (χ3v) is 5.48. The van der Waals surface area contributed by atoms with E-state index in [9.17, 15) is 4.79 Å². The molecule has 19 heavy (non-hydrogen) atoms. The molecule has 0 radical (unpaired) electrons. The number of rotatable bonds is 0. The van der Waals surface area contributed by atoms with Gasteiger partial charge in [0.05, 0.1) is 17.3 Å². The monoisotopic (exact) mass is 264 g/mol. The maximum Gasteiger partial charge on any atom is 0.334 e. The van der Waals surface area contributed by atoms with E-state index in [1.54, 1.807) is 0 Å². The third kappa shape index (κ3) is 1.62. The van der Waals surface area contributed by atoms with Crippen LogP contribution < -0.4 is 0 Å². The molecule has 4 nitrogen and oxygen atoms in total. The molecule has 0 spiro atoms. The van der Waals surface area contributed by atoms with Crippen LogP contribution in [0.1, 0.15) is 39.5 Å². The summed E-state index contributed by atoms with van der Waals surface area (Å²) in [4.78, 5) is 11.8. The van der Waals surface area contributed by atoms with Crippen molar-refractivity contribution in [2.75, 3.05) is 0 Å². The van der Waals surface area contributed by atoms with Gasteiger partial charge in [-0.25, -0.2) is 4.79 Å². The highest BCUT2D eigenvalue weighted by Crippen LogP contribution is 2.54. The number of hydrogen-bond acceptors (Lipinski definition) is 4. The first-order chi connectivity index (χ1) is 8.93. The van der Waals surface area contributed by atoms with Crippen LogP contribution in [0.15, 0.2) is 12.2 Å². The molecule has 4 aliphatic rings. The second-order valence-corrected chi connectivity index (χ2v) is 6.85. The predicted octanol–water partition coefficient (Wildman–Crippen LogP) is 1.97. The lowest BCUT2D eigenvalue weighted by Gasteiger charge is -2.20. The van der Waals surface area contributed by atoms with E-state index < -0.39 is 0 Å². The quantitative estimate of drug-likeness (QED) is 0.381. The van der Waals surface area contributed by atoms with Crippen molar-refractivity contribution in [3.8, 4) is 0 Å². The molecule has 0 aromatic rings. The molecule has 104 valence electrons. The zero-order valence-electron chi connectivity index (χ0n) is 11.5. The Morgan fingerprint density at radius 3 is 2.68 bits per heavy atom. The van der Waals surface area contributed by atoms with Crippen molar-refractivity contribution in [2.45, 2.75) is 69.0 Å². The lowest BCUT2D eigenvalue weighted by atomic mass is 9.81. The molecule has 0 unspecified atom stereocenters. The van der Waals surface area contributed by atoms with Crippen molar-refractivity contribution in [3.63, 3.8) is 0 Å². The summed E-state index contributed by atoms with van der Waals surface area (Å²) in [6, 6.07) is 0. The number of carbonyl (C=O) groups excluding carboxylic acids is 1. The summed E-state index contributed by atoms with van der Waals surface area (Å²) in [6.07, 6.45) is 4.15. The minimum atomic E-state index is -0.245. The SMILES string of the molecule is C=C1C(=O)O[C@H]2[C@H]3O[C@]3(C)CC[C@H]3O[C@]3(C)CC[C@@H]12. The van der Waals surface area contributed by atoms with Crippen LogP contribution in [0.3, 0.4) is 0 Å². The summed E-state index contributed by atoms with van der Waals surface area (Å²) < 4.78 is 17.2. The smallest absolute Gasteiger partial charge is 0.334 e. The van der Waals surface area contributed by atoms with Crippen molar-refractivity contribution in [2.24, 2.45) is 5.92 Å². The fraction of sp³-hybridized carbons (Fsp3) is 0.800. The van der Waals surface area contributed by atoms with E-state index >= 15 is 0 Å². The molecule has 1 aliphatic carbocycles. The maximum absolute atomic E-state index is 11.8. The van der Waals surface area contributed by atoms with E-state index in [1.165, 1.54) is 0 Å². The molecule has 3 heterocycles. The molecule has 3 saturated heterocycles. The summed E-state index contributed by atoms with van der Waals surface area (Å²) in [5.74, 6) is -0.149. The van der Waals surface area contributed by atoms with Crippen molar-refractivity contribution in [1.82, 2.24) is 0 Å². The summed E-state index contributed by atoms with van der Waals surface area (Å²) in [7, 11) is 0.